The highest BCUT2D eigenvalue weighted by Gasteiger charge is 2.26. The maximum atomic E-state index is 13.0. The average Bonchev–Trinajstić information content (AvgIpc) is 2.35. The molecule has 0 radical (unpaired) electrons. The molecule has 1 aliphatic heterocycles. The molecule has 2 unspecified atom stereocenters. The van der Waals surface area contributed by atoms with Gasteiger partial charge >= 0.3 is 0 Å². The van der Waals surface area contributed by atoms with E-state index in [2.05, 4.69) is 27.8 Å². The second-order valence-corrected chi connectivity index (χ2v) is 5.85. The fourth-order valence-electron chi connectivity index (χ4n) is 2.53. The molecule has 0 aromatic heterocycles. The third-order valence-electron chi connectivity index (χ3n) is 3.71. The quantitative estimate of drug-likeness (QED) is 0.926. The van der Waals surface area contributed by atoms with Crippen molar-refractivity contribution in [2.24, 2.45) is 5.92 Å². The maximum absolute atomic E-state index is 13.0. The summed E-state index contributed by atoms with van der Waals surface area (Å²) in [6, 6.07) is 4.83. The minimum Gasteiger partial charge on any atom is -0.393 e. The maximum Gasteiger partial charge on any atom is 0.124 e. The van der Waals surface area contributed by atoms with Gasteiger partial charge in [-0.25, -0.2) is 4.39 Å². The monoisotopic (exact) mass is 315 g/mol. The van der Waals surface area contributed by atoms with Crippen molar-refractivity contribution < 1.29 is 9.50 Å². The number of rotatable bonds is 3. The van der Waals surface area contributed by atoms with Gasteiger partial charge in [0.2, 0.25) is 0 Å². The molecule has 100 valence electrons. The van der Waals surface area contributed by atoms with E-state index in [1.54, 1.807) is 0 Å². The predicted molar refractivity (Wildman–Crippen MR) is 73.8 cm³/mol. The summed E-state index contributed by atoms with van der Waals surface area (Å²) in [6.45, 7) is 4.75. The van der Waals surface area contributed by atoms with Gasteiger partial charge < -0.3 is 5.11 Å². The molecule has 2 atom stereocenters. The first-order valence-electron chi connectivity index (χ1n) is 6.44. The predicted octanol–water partition coefficient (Wildman–Crippen LogP) is 3.18. The molecular formula is C14H19BrFNO. The Balaban J connectivity index is 2.01. The van der Waals surface area contributed by atoms with Gasteiger partial charge in [-0.2, -0.15) is 0 Å². The molecule has 1 aliphatic rings. The third kappa shape index (κ3) is 3.31. The van der Waals surface area contributed by atoms with Gasteiger partial charge in [-0.3, -0.25) is 4.90 Å². The standard InChI is InChI=1S/C14H19BrFNO/c1-2-10-8-17(6-5-14(10)18)9-11-3-4-12(16)7-13(11)15/h3-4,7,10,14,18H,2,5-6,8-9H2,1H3. The van der Waals surface area contributed by atoms with Gasteiger partial charge in [0.05, 0.1) is 6.10 Å². The number of likely N-dealkylation sites (tertiary alicyclic amines) is 1. The van der Waals surface area contributed by atoms with E-state index in [-0.39, 0.29) is 11.9 Å². The zero-order valence-electron chi connectivity index (χ0n) is 10.6. The Bertz CT molecular complexity index is 413. The largest absolute Gasteiger partial charge is 0.393 e. The van der Waals surface area contributed by atoms with Crippen molar-refractivity contribution in [3.05, 3.63) is 34.1 Å². The first-order chi connectivity index (χ1) is 8.60. The van der Waals surface area contributed by atoms with E-state index < -0.39 is 0 Å². The highest BCUT2D eigenvalue weighted by Crippen LogP contribution is 2.24. The first-order valence-corrected chi connectivity index (χ1v) is 7.23. The molecule has 0 amide bonds. The van der Waals surface area contributed by atoms with Crippen molar-refractivity contribution in [1.82, 2.24) is 4.90 Å². The molecule has 1 aromatic carbocycles. The molecule has 2 nitrogen and oxygen atoms in total. The van der Waals surface area contributed by atoms with Gasteiger partial charge in [0.15, 0.2) is 0 Å². The van der Waals surface area contributed by atoms with Crippen molar-refractivity contribution in [3.63, 3.8) is 0 Å². The zero-order valence-corrected chi connectivity index (χ0v) is 12.2. The van der Waals surface area contributed by atoms with E-state index in [1.165, 1.54) is 12.1 Å². The normalized spacial score (nSPS) is 25.3. The third-order valence-corrected chi connectivity index (χ3v) is 4.45. The summed E-state index contributed by atoms with van der Waals surface area (Å²) >= 11 is 3.40. The number of nitrogens with zero attached hydrogens (tertiary/aromatic N) is 1. The second-order valence-electron chi connectivity index (χ2n) is 5.00. The molecule has 4 heteroatoms. The summed E-state index contributed by atoms with van der Waals surface area (Å²) in [5, 5.41) is 9.86. The van der Waals surface area contributed by atoms with Gasteiger partial charge in [-0.05, 0) is 36.5 Å². The van der Waals surface area contributed by atoms with Crippen LogP contribution in [0.5, 0.6) is 0 Å². The van der Waals surface area contributed by atoms with E-state index in [1.807, 2.05) is 6.07 Å². The lowest BCUT2D eigenvalue weighted by Gasteiger charge is -2.36. The SMILES string of the molecule is CCC1CN(Cc2ccc(F)cc2Br)CCC1O. The summed E-state index contributed by atoms with van der Waals surface area (Å²) in [4.78, 5) is 2.33. The van der Waals surface area contributed by atoms with E-state index in [4.69, 9.17) is 0 Å². The Morgan fingerprint density at radius 1 is 1.50 bits per heavy atom. The number of hydrogen-bond acceptors (Lipinski definition) is 2. The average molecular weight is 316 g/mol. The van der Waals surface area contributed by atoms with Crippen LogP contribution in [-0.4, -0.2) is 29.2 Å². The van der Waals surface area contributed by atoms with Crippen LogP contribution in [0.25, 0.3) is 0 Å². The van der Waals surface area contributed by atoms with Gasteiger partial charge in [-0.15, -0.1) is 0 Å². The van der Waals surface area contributed by atoms with Crippen molar-refractivity contribution in [2.45, 2.75) is 32.4 Å². The molecule has 1 fully saturated rings. The van der Waals surface area contributed by atoms with Crippen LogP contribution in [0.3, 0.4) is 0 Å². The van der Waals surface area contributed by atoms with Gasteiger partial charge in [0, 0.05) is 24.1 Å². The molecule has 0 saturated carbocycles. The summed E-state index contributed by atoms with van der Waals surface area (Å²) < 4.78 is 13.8. The van der Waals surface area contributed by atoms with Gasteiger partial charge in [0.1, 0.15) is 5.82 Å². The van der Waals surface area contributed by atoms with Crippen LogP contribution in [0.2, 0.25) is 0 Å². The minimum atomic E-state index is -0.217. The van der Waals surface area contributed by atoms with E-state index in [9.17, 15) is 9.50 Å². The molecule has 1 aromatic rings. The van der Waals surface area contributed by atoms with Crippen LogP contribution in [0.1, 0.15) is 25.3 Å². The highest BCUT2D eigenvalue weighted by molar-refractivity contribution is 9.10. The fourth-order valence-corrected chi connectivity index (χ4v) is 3.01. The minimum absolute atomic E-state index is 0.164. The summed E-state index contributed by atoms with van der Waals surface area (Å²) in [6.07, 6.45) is 1.67. The van der Waals surface area contributed by atoms with Crippen LogP contribution in [0.15, 0.2) is 22.7 Å². The summed E-state index contributed by atoms with van der Waals surface area (Å²) in [7, 11) is 0. The van der Waals surface area contributed by atoms with Crippen LogP contribution in [0, 0.1) is 11.7 Å². The molecule has 0 spiro atoms. The number of hydrogen-bond donors (Lipinski definition) is 1. The van der Waals surface area contributed by atoms with Crippen LogP contribution in [-0.2, 0) is 6.54 Å². The van der Waals surface area contributed by atoms with E-state index in [0.717, 1.165) is 42.5 Å². The molecule has 0 bridgehead atoms. The Morgan fingerprint density at radius 2 is 2.28 bits per heavy atom. The fraction of sp³-hybridized carbons (Fsp3) is 0.571. The lowest BCUT2D eigenvalue weighted by atomic mass is 9.92. The van der Waals surface area contributed by atoms with Gasteiger partial charge in [0.25, 0.3) is 0 Å². The topological polar surface area (TPSA) is 23.5 Å². The Labute approximate surface area is 116 Å². The lowest BCUT2D eigenvalue weighted by molar-refractivity contribution is 0.0221. The Kier molecular flexibility index (Phi) is 4.76. The number of benzene rings is 1. The Hall–Kier alpha value is -0.450. The Morgan fingerprint density at radius 3 is 2.94 bits per heavy atom. The number of aliphatic hydroxyl groups is 1. The number of aliphatic hydroxyl groups excluding tert-OH is 1. The first kappa shape index (κ1) is 14.0. The highest BCUT2D eigenvalue weighted by atomic mass is 79.9. The molecule has 2 rings (SSSR count). The van der Waals surface area contributed by atoms with Crippen molar-refractivity contribution in [2.75, 3.05) is 13.1 Å². The molecule has 1 saturated heterocycles. The lowest BCUT2D eigenvalue weighted by Crippen LogP contribution is -2.42. The molecule has 18 heavy (non-hydrogen) atoms. The van der Waals surface area contributed by atoms with Crippen molar-refractivity contribution >= 4 is 15.9 Å². The van der Waals surface area contributed by atoms with Crippen LogP contribution in [0.4, 0.5) is 4.39 Å². The van der Waals surface area contributed by atoms with E-state index in [0.29, 0.717) is 5.92 Å². The zero-order chi connectivity index (χ0) is 13.1. The second kappa shape index (κ2) is 6.13. The molecule has 1 heterocycles. The van der Waals surface area contributed by atoms with Crippen molar-refractivity contribution in [3.8, 4) is 0 Å². The molecule has 1 N–H and O–H groups in total. The number of piperidine rings is 1. The molecular weight excluding hydrogens is 297 g/mol. The van der Waals surface area contributed by atoms with Gasteiger partial charge in [-0.1, -0.05) is 28.9 Å². The summed E-state index contributed by atoms with van der Waals surface area (Å²) in [5.41, 5.74) is 1.10. The van der Waals surface area contributed by atoms with Crippen LogP contribution < -0.4 is 0 Å². The van der Waals surface area contributed by atoms with Crippen molar-refractivity contribution in [1.29, 1.82) is 0 Å². The summed E-state index contributed by atoms with van der Waals surface area (Å²) in [5.74, 6) is 0.143. The smallest absolute Gasteiger partial charge is 0.124 e. The van der Waals surface area contributed by atoms with E-state index >= 15 is 0 Å². The molecule has 0 aliphatic carbocycles. The number of halogens is 2. The van der Waals surface area contributed by atoms with Crippen LogP contribution >= 0.6 is 15.9 Å².